The number of nitrogens with zero attached hydrogens (tertiary/aromatic N) is 1. The van der Waals surface area contributed by atoms with Gasteiger partial charge < -0.3 is 10.2 Å². The van der Waals surface area contributed by atoms with E-state index in [1.54, 1.807) is 4.90 Å². The van der Waals surface area contributed by atoms with Crippen LogP contribution in [-0.2, 0) is 11.0 Å². The van der Waals surface area contributed by atoms with Gasteiger partial charge in [0.25, 0.3) is 0 Å². The maximum absolute atomic E-state index is 13.1. The van der Waals surface area contributed by atoms with Crippen LogP contribution in [0.2, 0.25) is 0 Å². The first-order valence-electron chi connectivity index (χ1n) is 6.12. The Morgan fingerprint density at radius 3 is 2.42 bits per heavy atom. The van der Waals surface area contributed by atoms with E-state index in [9.17, 15) is 18.0 Å². The third-order valence-corrected chi connectivity index (χ3v) is 3.07. The van der Waals surface area contributed by atoms with Crippen molar-refractivity contribution in [3.8, 4) is 0 Å². The van der Waals surface area contributed by atoms with Gasteiger partial charge in [-0.15, -0.1) is 0 Å². The Bertz CT molecular complexity index is 479. The molecule has 1 fully saturated rings. The first kappa shape index (κ1) is 13.7. The molecule has 1 aromatic rings. The number of hydrogen-bond donors (Lipinski definition) is 1. The summed E-state index contributed by atoms with van der Waals surface area (Å²) in [7, 11) is 0. The molecule has 0 aliphatic carbocycles. The molecule has 1 aliphatic heterocycles. The molecule has 1 saturated heterocycles. The maximum Gasteiger partial charge on any atom is 0.418 e. The highest BCUT2D eigenvalue weighted by atomic mass is 19.4. The molecular weight excluding hydrogens is 257 g/mol. The van der Waals surface area contributed by atoms with Crippen molar-refractivity contribution in [2.24, 2.45) is 0 Å². The number of halogens is 3. The molecule has 1 aromatic carbocycles. The summed E-state index contributed by atoms with van der Waals surface area (Å²) >= 11 is 0. The zero-order chi connectivity index (χ0) is 14.0. The molecule has 1 aliphatic rings. The van der Waals surface area contributed by atoms with Crippen LogP contribution in [0.4, 0.5) is 24.5 Å². The number of carbonyl (C=O) groups is 1. The lowest BCUT2D eigenvalue weighted by Gasteiger charge is -2.23. The van der Waals surface area contributed by atoms with Gasteiger partial charge in [-0.2, -0.15) is 13.2 Å². The van der Waals surface area contributed by atoms with Crippen LogP contribution in [0.1, 0.15) is 25.3 Å². The molecule has 0 radical (unpaired) electrons. The zero-order valence-electron chi connectivity index (χ0n) is 10.5. The number of benzene rings is 1. The summed E-state index contributed by atoms with van der Waals surface area (Å²) < 4.78 is 39.2. The first-order valence-corrected chi connectivity index (χ1v) is 6.12. The lowest BCUT2D eigenvalue weighted by atomic mass is 10.1. The summed E-state index contributed by atoms with van der Waals surface area (Å²) in [6.07, 6.45) is -2.61. The van der Waals surface area contributed by atoms with E-state index in [0.717, 1.165) is 18.9 Å². The smallest absolute Gasteiger partial charge is 0.371 e. The normalized spacial score (nSPS) is 15.7. The van der Waals surface area contributed by atoms with E-state index < -0.39 is 11.7 Å². The summed E-state index contributed by atoms with van der Waals surface area (Å²) in [6.45, 7) is 2.55. The molecule has 2 rings (SSSR count). The van der Waals surface area contributed by atoms with Crippen LogP contribution in [-0.4, -0.2) is 19.0 Å². The van der Waals surface area contributed by atoms with Gasteiger partial charge in [-0.05, 0) is 31.0 Å². The van der Waals surface area contributed by atoms with Crippen molar-refractivity contribution in [1.82, 2.24) is 0 Å². The van der Waals surface area contributed by atoms with Gasteiger partial charge in [0, 0.05) is 31.4 Å². The second kappa shape index (κ2) is 5.11. The van der Waals surface area contributed by atoms with Crippen LogP contribution in [0, 0.1) is 0 Å². The minimum atomic E-state index is -4.42. The van der Waals surface area contributed by atoms with Crippen molar-refractivity contribution in [2.75, 3.05) is 23.3 Å². The average Bonchev–Trinajstić information content (AvgIpc) is 2.80. The fraction of sp³-hybridized carbons (Fsp3) is 0.462. The third kappa shape index (κ3) is 3.19. The summed E-state index contributed by atoms with van der Waals surface area (Å²) in [6, 6.07) is 3.93. The Morgan fingerprint density at radius 1 is 1.26 bits per heavy atom. The number of amides is 1. The minimum Gasteiger partial charge on any atom is -0.371 e. The lowest BCUT2D eigenvalue weighted by Crippen LogP contribution is -2.22. The Morgan fingerprint density at radius 2 is 1.89 bits per heavy atom. The van der Waals surface area contributed by atoms with Crippen LogP contribution < -0.4 is 10.2 Å². The molecule has 0 aromatic heterocycles. The number of alkyl halides is 3. The molecule has 1 N–H and O–H groups in total. The SMILES string of the molecule is CC(=O)Nc1ccc(N2CCCC2)c(C(F)(F)F)c1. The van der Waals surface area contributed by atoms with Gasteiger partial charge >= 0.3 is 6.18 Å². The molecule has 1 amide bonds. The highest BCUT2D eigenvalue weighted by molar-refractivity contribution is 5.89. The highest BCUT2D eigenvalue weighted by Crippen LogP contribution is 2.39. The molecule has 6 heteroatoms. The van der Waals surface area contributed by atoms with Crippen LogP contribution in [0.15, 0.2) is 18.2 Å². The molecule has 104 valence electrons. The van der Waals surface area contributed by atoms with Crippen molar-refractivity contribution < 1.29 is 18.0 Å². The molecule has 19 heavy (non-hydrogen) atoms. The Balaban J connectivity index is 2.39. The van der Waals surface area contributed by atoms with Crippen LogP contribution >= 0.6 is 0 Å². The van der Waals surface area contributed by atoms with Gasteiger partial charge in [0.15, 0.2) is 0 Å². The Kier molecular flexibility index (Phi) is 3.68. The quantitative estimate of drug-likeness (QED) is 0.896. The molecule has 0 spiro atoms. The van der Waals surface area contributed by atoms with Gasteiger partial charge in [0.2, 0.25) is 5.91 Å². The van der Waals surface area contributed by atoms with E-state index in [4.69, 9.17) is 0 Å². The number of anilines is 2. The van der Waals surface area contributed by atoms with Crippen LogP contribution in [0.3, 0.4) is 0 Å². The summed E-state index contributed by atoms with van der Waals surface area (Å²) in [5.41, 5.74) is -0.331. The zero-order valence-corrected chi connectivity index (χ0v) is 10.5. The predicted octanol–water partition coefficient (Wildman–Crippen LogP) is 3.26. The fourth-order valence-corrected chi connectivity index (χ4v) is 2.28. The highest BCUT2D eigenvalue weighted by Gasteiger charge is 2.35. The second-order valence-electron chi connectivity index (χ2n) is 4.61. The van der Waals surface area contributed by atoms with Crippen LogP contribution in [0.5, 0.6) is 0 Å². The largest absolute Gasteiger partial charge is 0.418 e. The summed E-state index contributed by atoms with van der Waals surface area (Å²) in [5.74, 6) is -0.387. The van der Waals surface area contributed by atoms with E-state index in [0.29, 0.717) is 13.1 Å². The maximum atomic E-state index is 13.1. The Hall–Kier alpha value is -1.72. The number of rotatable bonds is 2. The first-order chi connectivity index (χ1) is 8.88. The van der Waals surface area contributed by atoms with Gasteiger partial charge in [-0.25, -0.2) is 0 Å². The topological polar surface area (TPSA) is 32.3 Å². The van der Waals surface area contributed by atoms with Gasteiger partial charge in [-0.1, -0.05) is 0 Å². The van der Waals surface area contributed by atoms with E-state index in [2.05, 4.69) is 5.32 Å². The number of hydrogen-bond acceptors (Lipinski definition) is 2. The standard InChI is InChI=1S/C13H15F3N2O/c1-9(19)17-10-4-5-12(18-6-2-3-7-18)11(8-10)13(14,15)16/h4-5,8H,2-3,6-7H2,1H3,(H,17,19). The van der Waals surface area contributed by atoms with E-state index in [1.807, 2.05) is 0 Å². The molecular formula is C13H15F3N2O. The molecule has 0 atom stereocenters. The minimum absolute atomic E-state index is 0.169. The van der Waals surface area contributed by atoms with Gasteiger partial charge in [0.1, 0.15) is 0 Å². The van der Waals surface area contributed by atoms with Crippen molar-refractivity contribution in [1.29, 1.82) is 0 Å². The van der Waals surface area contributed by atoms with E-state index >= 15 is 0 Å². The van der Waals surface area contributed by atoms with Crippen molar-refractivity contribution in [3.63, 3.8) is 0 Å². The summed E-state index contributed by atoms with van der Waals surface area (Å²) in [5, 5.41) is 2.38. The molecule has 0 saturated carbocycles. The van der Waals surface area contributed by atoms with Gasteiger partial charge in [-0.3, -0.25) is 4.79 Å². The fourth-order valence-electron chi connectivity index (χ4n) is 2.28. The molecule has 1 heterocycles. The average molecular weight is 272 g/mol. The number of nitrogens with one attached hydrogen (secondary N) is 1. The molecule has 0 unspecified atom stereocenters. The third-order valence-electron chi connectivity index (χ3n) is 3.07. The van der Waals surface area contributed by atoms with Crippen molar-refractivity contribution in [2.45, 2.75) is 25.9 Å². The van der Waals surface area contributed by atoms with E-state index in [1.165, 1.54) is 19.1 Å². The monoisotopic (exact) mass is 272 g/mol. The van der Waals surface area contributed by atoms with Crippen molar-refractivity contribution in [3.05, 3.63) is 23.8 Å². The lowest BCUT2D eigenvalue weighted by molar-refractivity contribution is -0.137. The molecule has 0 bridgehead atoms. The van der Waals surface area contributed by atoms with E-state index in [-0.39, 0.29) is 17.3 Å². The Labute approximate surface area is 109 Å². The number of carbonyl (C=O) groups excluding carboxylic acids is 1. The van der Waals surface area contributed by atoms with Crippen LogP contribution in [0.25, 0.3) is 0 Å². The second-order valence-corrected chi connectivity index (χ2v) is 4.61. The van der Waals surface area contributed by atoms with Gasteiger partial charge in [0.05, 0.1) is 5.56 Å². The summed E-state index contributed by atoms with van der Waals surface area (Å²) in [4.78, 5) is 12.6. The predicted molar refractivity (Wildman–Crippen MR) is 67.2 cm³/mol. The van der Waals surface area contributed by atoms with Crippen molar-refractivity contribution >= 4 is 17.3 Å². The molecule has 3 nitrogen and oxygen atoms in total.